The van der Waals surface area contributed by atoms with E-state index in [9.17, 15) is 9.59 Å². The van der Waals surface area contributed by atoms with E-state index >= 15 is 0 Å². The lowest BCUT2D eigenvalue weighted by Crippen LogP contribution is -2.20. The molecular weight excluding hydrogens is 395 g/mol. The van der Waals surface area contributed by atoms with Gasteiger partial charge >= 0.3 is 0 Å². The molecule has 6 heteroatoms. The molecule has 0 unspecified atom stereocenters. The van der Waals surface area contributed by atoms with Crippen LogP contribution in [0.1, 0.15) is 6.92 Å². The summed E-state index contributed by atoms with van der Waals surface area (Å²) in [6.45, 7) is 1.37. The fourth-order valence-corrected chi connectivity index (χ4v) is 2.29. The van der Waals surface area contributed by atoms with E-state index in [0.29, 0.717) is 11.4 Å². The van der Waals surface area contributed by atoms with Crippen LogP contribution in [0.4, 0.5) is 11.4 Å². The van der Waals surface area contributed by atoms with E-state index in [1.807, 2.05) is 24.3 Å². The molecule has 0 saturated heterocycles. The van der Waals surface area contributed by atoms with Gasteiger partial charge in [-0.1, -0.05) is 6.07 Å². The van der Waals surface area contributed by atoms with Crippen LogP contribution in [0.5, 0.6) is 5.75 Å². The fourth-order valence-electron chi connectivity index (χ4n) is 1.75. The summed E-state index contributed by atoms with van der Waals surface area (Å²) >= 11 is 2.18. The van der Waals surface area contributed by atoms with Gasteiger partial charge in [0, 0.05) is 21.9 Å². The lowest BCUT2D eigenvalue weighted by Gasteiger charge is -2.08. The molecule has 0 saturated carbocycles. The molecule has 0 aliphatic rings. The Morgan fingerprint density at radius 2 is 1.77 bits per heavy atom. The minimum absolute atomic E-state index is 0.0784. The van der Waals surface area contributed by atoms with E-state index in [-0.39, 0.29) is 18.4 Å². The average Bonchev–Trinajstić information content (AvgIpc) is 2.46. The molecule has 114 valence electrons. The van der Waals surface area contributed by atoms with Gasteiger partial charge in [0.15, 0.2) is 6.61 Å². The number of hydrogen-bond donors (Lipinski definition) is 2. The van der Waals surface area contributed by atoms with E-state index in [0.717, 1.165) is 9.26 Å². The molecule has 0 bridgehead atoms. The molecule has 5 nitrogen and oxygen atoms in total. The van der Waals surface area contributed by atoms with Crippen molar-refractivity contribution in [3.8, 4) is 5.75 Å². The van der Waals surface area contributed by atoms with Crippen molar-refractivity contribution in [3.63, 3.8) is 0 Å². The zero-order chi connectivity index (χ0) is 15.9. The highest BCUT2D eigenvalue weighted by molar-refractivity contribution is 14.1. The van der Waals surface area contributed by atoms with E-state index in [1.165, 1.54) is 6.92 Å². The van der Waals surface area contributed by atoms with Crippen molar-refractivity contribution >= 4 is 45.8 Å². The van der Waals surface area contributed by atoms with Crippen LogP contribution in [0.3, 0.4) is 0 Å². The Morgan fingerprint density at radius 3 is 2.41 bits per heavy atom. The van der Waals surface area contributed by atoms with Crippen molar-refractivity contribution in [2.24, 2.45) is 0 Å². The number of carbonyl (C=O) groups excluding carboxylic acids is 2. The van der Waals surface area contributed by atoms with Crippen LogP contribution in [0.2, 0.25) is 0 Å². The first-order valence-corrected chi connectivity index (χ1v) is 7.67. The molecule has 0 atom stereocenters. The van der Waals surface area contributed by atoms with Crippen molar-refractivity contribution in [2.45, 2.75) is 6.92 Å². The predicted molar refractivity (Wildman–Crippen MR) is 94.0 cm³/mol. The Balaban J connectivity index is 1.84. The number of rotatable bonds is 5. The Morgan fingerprint density at radius 1 is 1.05 bits per heavy atom. The van der Waals surface area contributed by atoms with Gasteiger partial charge in [-0.25, -0.2) is 0 Å². The number of benzene rings is 2. The topological polar surface area (TPSA) is 67.4 Å². The minimum atomic E-state index is -0.229. The summed E-state index contributed by atoms with van der Waals surface area (Å²) in [5, 5.41) is 5.43. The Bertz CT molecular complexity index is 671. The van der Waals surface area contributed by atoms with Crippen LogP contribution in [0.25, 0.3) is 0 Å². The summed E-state index contributed by atoms with van der Waals surface area (Å²) in [5.41, 5.74) is 1.42. The van der Waals surface area contributed by atoms with Gasteiger partial charge in [-0.3, -0.25) is 9.59 Å². The van der Waals surface area contributed by atoms with Gasteiger partial charge < -0.3 is 15.4 Å². The molecule has 0 aliphatic carbocycles. The van der Waals surface area contributed by atoms with Crippen LogP contribution in [-0.2, 0) is 9.59 Å². The molecule has 2 aromatic rings. The first-order chi connectivity index (χ1) is 10.5. The van der Waals surface area contributed by atoms with Gasteiger partial charge in [-0.15, -0.1) is 0 Å². The Labute approximate surface area is 142 Å². The molecule has 0 fully saturated rings. The fraction of sp³-hybridized carbons (Fsp3) is 0.125. The smallest absolute Gasteiger partial charge is 0.262 e. The molecule has 0 heterocycles. The van der Waals surface area contributed by atoms with Crippen LogP contribution in [0.15, 0.2) is 48.5 Å². The minimum Gasteiger partial charge on any atom is -0.484 e. The second-order valence-corrected chi connectivity index (χ2v) is 5.80. The quantitative estimate of drug-likeness (QED) is 0.744. The average molecular weight is 410 g/mol. The van der Waals surface area contributed by atoms with Crippen LogP contribution >= 0.6 is 22.6 Å². The first-order valence-electron chi connectivity index (χ1n) is 6.59. The third-order valence-corrected chi connectivity index (χ3v) is 3.32. The molecular formula is C16H15IN2O3. The zero-order valence-corrected chi connectivity index (χ0v) is 14.1. The Kier molecular flexibility index (Phi) is 5.76. The van der Waals surface area contributed by atoms with E-state index in [2.05, 4.69) is 33.2 Å². The highest BCUT2D eigenvalue weighted by Crippen LogP contribution is 2.16. The number of halogens is 1. The molecule has 0 aliphatic heterocycles. The van der Waals surface area contributed by atoms with Gasteiger partial charge in [0.2, 0.25) is 5.91 Å². The van der Waals surface area contributed by atoms with Gasteiger partial charge in [0.1, 0.15) is 5.75 Å². The number of amides is 2. The van der Waals surface area contributed by atoms with Gasteiger partial charge in [-0.05, 0) is 65.1 Å². The van der Waals surface area contributed by atoms with Gasteiger partial charge in [0.25, 0.3) is 5.91 Å². The monoisotopic (exact) mass is 410 g/mol. The summed E-state index contributed by atoms with van der Waals surface area (Å²) in [7, 11) is 0. The zero-order valence-electron chi connectivity index (χ0n) is 11.9. The summed E-state index contributed by atoms with van der Waals surface area (Å²) in [5.74, 6) is 0.199. The summed E-state index contributed by atoms with van der Waals surface area (Å²) in [6, 6.07) is 14.3. The summed E-state index contributed by atoms with van der Waals surface area (Å²) in [6.07, 6.45) is 0. The number of anilines is 2. The number of hydrogen-bond acceptors (Lipinski definition) is 3. The highest BCUT2D eigenvalue weighted by atomic mass is 127. The maximum Gasteiger partial charge on any atom is 0.262 e. The number of carbonyl (C=O) groups is 2. The lowest BCUT2D eigenvalue weighted by atomic mass is 10.3. The maximum atomic E-state index is 11.8. The normalized spacial score (nSPS) is 9.91. The first kappa shape index (κ1) is 16.3. The van der Waals surface area contributed by atoms with Crippen molar-refractivity contribution in [2.75, 3.05) is 17.2 Å². The van der Waals surface area contributed by atoms with Gasteiger partial charge in [0.05, 0.1) is 0 Å². The number of nitrogens with one attached hydrogen (secondary N) is 2. The van der Waals surface area contributed by atoms with Gasteiger partial charge in [-0.2, -0.15) is 0 Å². The highest BCUT2D eigenvalue weighted by Gasteiger charge is 2.04. The van der Waals surface area contributed by atoms with E-state index < -0.39 is 0 Å². The number of ether oxygens (including phenoxy) is 1. The molecule has 0 aromatic heterocycles. The molecule has 2 rings (SSSR count). The second-order valence-electron chi connectivity index (χ2n) is 4.55. The summed E-state index contributed by atoms with van der Waals surface area (Å²) < 4.78 is 6.45. The molecule has 2 amide bonds. The standard InChI is InChI=1S/C16H15IN2O3/c1-11(20)18-13-5-7-15(8-6-13)22-10-16(21)19-14-4-2-3-12(17)9-14/h2-9H,10H2,1H3,(H,18,20)(H,19,21). The second kappa shape index (κ2) is 7.79. The lowest BCUT2D eigenvalue weighted by molar-refractivity contribution is -0.118. The van der Waals surface area contributed by atoms with Crippen LogP contribution in [-0.4, -0.2) is 18.4 Å². The van der Waals surface area contributed by atoms with Crippen molar-refractivity contribution in [1.82, 2.24) is 0 Å². The summed E-state index contributed by atoms with van der Waals surface area (Å²) in [4.78, 5) is 22.7. The maximum absolute atomic E-state index is 11.8. The molecule has 2 N–H and O–H groups in total. The van der Waals surface area contributed by atoms with E-state index in [1.54, 1.807) is 24.3 Å². The molecule has 0 spiro atoms. The Hall–Kier alpha value is -2.09. The third kappa shape index (κ3) is 5.36. The van der Waals surface area contributed by atoms with Crippen LogP contribution < -0.4 is 15.4 Å². The largest absolute Gasteiger partial charge is 0.484 e. The van der Waals surface area contributed by atoms with Crippen LogP contribution in [0, 0.1) is 3.57 Å². The predicted octanol–water partition coefficient (Wildman–Crippen LogP) is 3.27. The molecule has 22 heavy (non-hydrogen) atoms. The van der Waals surface area contributed by atoms with Crippen molar-refractivity contribution < 1.29 is 14.3 Å². The SMILES string of the molecule is CC(=O)Nc1ccc(OCC(=O)Nc2cccc(I)c2)cc1. The van der Waals surface area contributed by atoms with E-state index in [4.69, 9.17) is 4.74 Å². The molecule has 2 aromatic carbocycles. The van der Waals surface area contributed by atoms with Crippen molar-refractivity contribution in [3.05, 3.63) is 52.1 Å². The molecule has 0 radical (unpaired) electrons. The van der Waals surface area contributed by atoms with Crippen molar-refractivity contribution in [1.29, 1.82) is 0 Å². The third-order valence-electron chi connectivity index (χ3n) is 2.65.